The maximum absolute atomic E-state index is 6.10. The molecule has 0 spiro atoms. The fourth-order valence-electron chi connectivity index (χ4n) is 1.79. The van der Waals surface area contributed by atoms with Gasteiger partial charge in [-0.1, -0.05) is 6.92 Å². The Labute approximate surface area is 95.6 Å². The molecule has 1 aromatic heterocycles. The van der Waals surface area contributed by atoms with Crippen molar-refractivity contribution in [3.8, 4) is 5.88 Å². The fourth-order valence-corrected chi connectivity index (χ4v) is 1.79. The van der Waals surface area contributed by atoms with Gasteiger partial charge in [0.1, 0.15) is 0 Å². The van der Waals surface area contributed by atoms with Crippen molar-refractivity contribution in [3.05, 3.63) is 12.3 Å². The van der Waals surface area contributed by atoms with Gasteiger partial charge in [0.15, 0.2) is 0 Å². The van der Waals surface area contributed by atoms with Crippen LogP contribution in [0.1, 0.15) is 20.3 Å². The Bertz CT molecular complexity index is 363. The van der Waals surface area contributed by atoms with Crippen LogP contribution in [0.15, 0.2) is 12.3 Å². The lowest BCUT2D eigenvalue weighted by Crippen LogP contribution is -2.67. The van der Waals surface area contributed by atoms with E-state index >= 15 is 0 Å². The van der Waals surface area contributed by atoms with E-state index in [1.165, 1.54) is 0 Å². The highest BCUT2D eigenvalue weighted by atomic mass is 16.5. The number of ether oxygens (including phenoxy) is 1. The largest absolute Gasteiger partial charge is 0.478 e. The summed E-state index contributed by atoms with van der Waals surface area (Å²) in [6.07, 6.45) is 2.70. The van der Waals surface area contributed by atoms with Crippen molar-refractivity contribution < 1.29 is 4.74 Å². The minimum Gasteiger partial charge on any atom is -0.478 e. The summed E-state index contributed by atoms with van der Waals surface area (Å²) in [5.74, 6) is 1.33. The summed E-state index contributed by atoms with van der Waals surface area (Å²) in [6.45, 7) is 6.30. The van der Waals surface area contributed by atoms with Crippen molar-refractivity contribution in [1.29, 1.82) is 0 Å². The minimum atomic E-state index is -0.0645. The van der Waals surface area contributed by atoms with E-state index in [9.17, 15) is 0 Å². The molecule has 2 heterocycles. The van der Waals surface area contributed by atoms with Gasteiger partial charge in [-0.3, -0.25) is 0 Å². The van der Waals surface area contributed by atoms with Crippen LogP contribution < -0.4 is 15.4 Å². The molecule has 5 nitrogen and oxygen atoms in total. The van der Waals surface area contributed by atoms with Crippen LogP contribution in [0.3, 0.4) is 0 Å². The zero-order chi connectivity index (χ0) is 11.6. The molecule has 0 atom stereocenters. The molecule has 0 saturated carbocycles. The average molecular weight is 222 g/mol. The summed E-state index contributed by atoms with van der Waals surface area (Å²) in [7, 11) is 0. The van der Waals surface area contributed by atoms with Crippen molar-refractivity contribution in [2.45, 2.75) is 25.8 Å². The van der Waals surface area contributed by atoms with Gasteiger partial charge in [0.25, 0.3) is 0 Å². The molecule has 1 aromatic rings. The first kappa shape index (κ1) is 11.1. The summed E-state index contributed by atoms with van der Waals surface area (Å²) >= 11 is 0. The average Bonchev–Trinajstić information content (AvgIpc) is 2.26. The van der Waals surface area contributed by atoms with Crippen LogP contribution in [0, 0.1) is 0 Å². The van der Waals surface area contributed by atoms with Crippen LogP contribution >= 0.6 is 0 Å². The summed E-state index contributed by atoms with van der Waals surface area (Å²) in [6, 6.07) is 1.77. The van der Waals surface area contributed by atoms with Crippen LogP contribution in [-0.4, -0.2) is 35.2 Å². The van der Waals surface area contributed by atoms with E-state index in [4.69, 9.17) is 10.5 Å². The first-order valence-corrected chi connectivity index (χ1v) is 5.66. The molecule has 1 saturated heterocycles. The molecule has 0 bridgehead atoms. The molecule has 0 aromatic carbocycles. The summed E-state index contributed by atoms with van der Waals surface area (Å²) in [4.78, 5) is 10.6. The third-order valence-corrected chi connectivity index (χ3v) is 2.91. The highest BCUT2D eigenvalue weighted by Gasteiger charge is 2.39. The predicted molar refractivity (Wildman–Crippen MR) is 62.6 cm³/mol. The van der Waals surface area contributed by atoms with E-state index in [2.05, 4.69) is 21.8 Å². The lowest BCUT2D eigenvalue weighted by atomic mass is 9.89. The van der Waals surface area contributed by atoms with E-state index in [1.807, 2.05) is 6.92 Å². The van der Waals surface area contributed by atoms with Crippen molar-refractivity contribution in [2.75, 3.05) is 24.6 Å². The minimum absolute atomic E-state index is 0.0645. The second-order valence-electron chi connectivity index (χ2n) is 4.20. The smallest absolute Gasteiger partial charge is 0.228 e. The molecule has 1 aliphatic rings. The Kier molecular flexibility index (Phi) is 2.96. The molecule has 88 valence electrons. The molecule has 2 rings (SSSR count). The number of nitrogens with two attached hydrogens (primary N) is 1. The summed E-state index contributed by atoms with van der Waals surface area (Å²) in [5, 5.41) is 0. The lowest BCUT2D eigenvalue weighted by molar-refractivity contribution is 0.308. The number of aromatic nitrogens is 2. The van der Waals surface area contributed by atoms with E-state index < -0.39 is 0 Å². The normalized spacial score (nSPS) is 18.1. The van der Waals surface area contributed by atoms with Gasteiger partial charge < -0.3 is 15.4 Å². The van der Waals surface area contributed by atoms with Crippen LogP contribution in [0.2, 0.25) is 0 Å². The molecular formula is C11H18N4O. The van der Waals surface area contributed by atoms with E-state index in [0.717, 1.165) is 19.5 Å². The molecule has 0 aliphatic carbocycles. The van der Waals surface area contributed by atoms with Gasteiger partial charge in [-0.25, -0.2) is 4.98 Å². The SMILES string of the molecule is CCOc1ccnc(N2CC(N)(CC)C2)n1. The predicted octanol–water partition coefficient (Wildman–Crippen LogP) is 0.803. The van der Waals surface area contributed by atoms with Gasteiger partial charge in [0, 0.05) is 25.4 Å². The Morgan fingerprint density at radius 3 is 2.88 bits per heavy atom. The number of nitrogens with zero attached hydrogens (tertiary/aromatic N) is 3. The fraction of sp³-hybridized carbons (Fsp3) is 0.636. The molecule has 0 amide bonds. The Morgan fingerprint density at radius 2 is 2.25 bits per heavy atom. The Morgan fingerprint density at radius 1 is 1.50 bits per heavy atom. The van der Waals surface area contributed by atoms with Crippen LogP contribution in [0.4, 0.5) is 5.95 Å². The van der Waals surface area contributed by atoms with Crippen molar-refractivity contribution >= 4 is 5.95 Å². The summed E-state index contributed by atoms with van der Waals surface area (Å²) in [5.41, 5.74) is 6.03. The second-order valence-corrected chi connectivity index (χ2v) is 4.20. The maximum atomic E-state index is 6.10. The zero-order valence-corrected chi connectivity index (χ0v) is 9.81. The summed E-state index contributed by atoms with van der Waals surface area (Å²) < 4.78 is 5.33. The van der Waals surface area contributed by atoms with Gasteiger partial charge in [-0.2, -0.15) is 4.98 Å². The number of anilines is 1. The molecule has 5 heteroatoms. The van der Waals surface area contributed by atoms with E-state index in [1.54, 1.807) is 12.3 Å². The molecule has 2 N–H and O–H groups in total. The highest BCUT2D eigenvalue weighted by molar-refractivity contribution is 5.39. The van der Waals surface area contributed by atoms with E-state index in [-0.39, 0.29) is 5.54 Å². The molecule has 0 radical (unpaired) electrons. The molecular weight excluding hydrogens is 204 g/mol. The van der Waals surface area contributed by atoms with Gasteiger partial charge in [-0.05, 0) is 13.3 Å². The quantitative estimate of drug-likeness (QED) is 0.816. The third-order valence-electron chi connectivity index (χ3n) is 2.91. The monoisotopic (exact) mass is 222 g/mol. The van der Waals surface area contributed by atoms with Crippen molar-refractivity contribution in [3.63, 3.8) is 0 Å². The number of rotatable bonds is 4. The molecule has 16 heavy (non-hydrogen) atoms. The first-order chi connectivity index (χ1) is 7.67. The second kappa shape index (κ2) is 4.25. The number of hydrogen-bond donors (Lipinski definition) is 1. The van der Waals surface area contributed by atoms with E-state index in [0.29, 0.717) is 18.4 Å². The molecule has 0 unspecified atom stereocenters. The Hall–Kier alpha value is -1.36. The van der Waals surface area contributed by atoms with Gasteiger partial charge in [-0.15, -0.1) is 0 Å². The zero-order valence-electron chi connectivity index (χ0n) is 9.81. The van der Waals surface area contributed by atoms with Crippen LogP contribution in [0.5, 0.6) is 5.88 Å². The van der Waals surface area contributed by atoms with Gasteiger partial charge in [0.05, 0.1) is 12.1 Å². The van der Waals surface area contributed by atoms with Crippen LogP contribution in [-0.2, 0) is 0 Å². The molecule has 1 fully saturated rings. The lowest BCUT2D eigenvalue weighted by Gasteiger charge is -2.47. The topological polar surface area (TPSA) is 64.3 Å². The highest BCUT2D eigenvalue weighted by Crippen LogP contribution is 2.26. The van der Waals surface area contributed by atoms with Gasteiger partial charge >= 0.3 is 0 Å². The van der Waals surface area contributed by atoms with Crippen LogP contribution in [0.25, 0.3) is 0 Å². The number of hydrogen-bond acceptors (Lipinski definition) is 5. The standard InChI is InChI=1S/C11H18N4O/c1-3-11(12)7-15(8-11)10-13-6-5-9(14-10)16-4-2/h5-6H,3-4,7-8,12H2,1-2H3. The third kappa shape index (κ3) is 2.09. The first-order valence-electron chi connectivity index (χ1n) is 5.66. The van der Waals surface area contributed by atoms with Crippen molar-refractivity contribution in [2.24, 2.45) is 5.73 Å². The maximum Gasteiger partial charge on any atom is 0.228 e. The van der Waals surface area contributed by atoms with Crippen molar-refractivity contribution in [1.82, 2.24) is 9.97 Å². The Balaban J connectivity index is 2.03. The van der Waals surface area contributed by atoms with Gasteiger partial charge in [0.2, 0.25) is 11.8 Å². The molecule has 1 aliphatic heterocycles.